The van der Waals surface area contributed by atoms with Crippen LogP contribution in [0.2, 0.25) is 0 Å². The van der Waals surface area contributed by atoms with Crippen molar-refractivity contribution in [2.75, 3.05) is 6.54 Å². The van der Waals surface area contributed by atoms with Crippen molar-refractivity contribution in [3.8, 4) is 0 Å². The molecule has 1 aliphatic rings. The zero-order valence-corrected chi connectivity index (χ0v) is 14.0. The molecule has 1 N–H and O–H groups in total. The summed E-state index contributed by atoms with van der Waals surface area (Å²) in [6.07, 6.45) is 5.85. The first-order chi connectivity index (χ1) is 9.18. The number of nitrogens with one attached hydrogen (secondary N) is 1. The Morgan fingerprint density at radius 1 is 1.40 bits per heavy atom. The fourth-order valence-corrected chi connectivity index (χ4v) is 3.42. The van der Waals surface area contributed by atoms with E-state index < -0.39 is 0 Å². The predicted octanol–water partition coefficient (Wildman–Crippen LogP) is 3.72. The molecule has 1 fully saturated rings. The van der Waals surface area contributed by atoms with Crippen LogP contribution in [-0.4, -0.2) is 21.9 Å². The molecule has 3 nitrogen and oxygen atoms in total. The lowest BCUT2D eigenvalue weighted by Gasteiger charge is -2.42. The highest BCUT2D eigenvalue weighted by atomic mass is 15.3. The Hall–Kier alpha value is -0.830. The maximum absolute atomic E-state index is 4.38. The summed E-state index contributed by atoms with van der Waals surface area (Å²) in [5.74, 6) is 1.35. The average molecular weight is 277 g/mol. The van der Waals surface area contributed by atoms with Gasteiger partial charge in [-0.3, -0.25) is 4.68 Å². The largest absolute Gasteiger partial charge is 0.312 e. The molecule has 1 aromatic rings. The molecule has 1 heterocycles. The van der Waals surface area contributed by atoms with Gasteiger partial charge in [-0.05, 0) is 64.0 Å². The van der Waals surface area contributed by atoms with E-state index in [1.807, 2.05) is 6.20 Å². The molecule has 0 amide bonds. The van der Waals surface area contributed by atoms with Gasteiger partial charge in [-0.1, -0.05) is 13.8 Å². The molecule has 0 spiro atoms. The first-order valence-electron chi connectivity index (χ1n) is 7.91. The van der Waals surface area contributed by atoms with Gasteiger partial charge in [-0.2, -0.15) is 5.10 Å². The third-order valence-electron chi connectivity index (χ3n) is 4.67. The lowest BCUT2D eigenvalue weighted by atomic mass is 9.66. The molecule has 114 valence electrons. The second-order valence-corrected chi connectivity index (χ2v) is 8.28. The van der Waals surface area contributed by atoms with Crippen LogP contribution < -0.4 is 5.32 Å². The van der Waals surface area contributed by atoms with E-state index in [1.54, 1.807) is 0 Å². The van der Waals surface area contributed by atoms with Crippen molar-refractivity contribution < 1.29 is 0 Å². The summed E-state index contributed by atoms with van der Waals surface area (Å²) < 4.78 is 2.07. The van der Waals surface area contributed by atoms with E-state index in [9.17, 15) is 0 Å². The van der Waals surface area contributed by atoms with E-state index in [0.29, 0.717) is 11.3 Å². The molecule has 2 unspecified atom stereocenters. The highest BCUT2D eigenvalue weighted by molar-refractivity contribution is 5.12. The lowest BCUT2D eigenvalue weighted by molar-refractivity contribution is 0.149. The zero-order chi connectivity index (χ0) is 15.0. The summed E-state index contributed by atoms with van der Waals surface area (Å²) in [5.41, 5.74) is 2.05. The van der Waals surface area contributed by atoms with Gasteiger partial charge >= 0.3 is 0 Å². The van der Waals surface area contributed by atoms with E-state index in [0.717, 1.165) is 12.5 Å². The van der Waals surface area contributed by atoms with Crippen molar-refractivity contribution >= 4 is 0 Å². The second-order valence-electron chi connectivity index (χ2n) is 8.28. The van der Waals surface area contributed by atoms with Crippen LogP contribution in [0.15, 0.2) is 12.3 Å². The Morgan fingerprint density at radius 3 is 2.65 bits per heavy atom. The summed E-state index contributed by atoms with van der Waals surface area (Å²) in [6, 6.07) is 2.20. The molecule has 20 heavy (non-hydrogen) atoms. The molecule has 1 aliphatic carbocycles. The number of rotatable bonds is 3. The van der Waals surface area contributed by atoms with Gasteiger partial charge in [0.2, 0.25) is 0 Å². The first-order valence-corrected chi connectivity index (χ1v) is 7.91. The van der Waals surface area contributed by atoms with Crippen LogP contribution in [0.4, 0.5) is 0 Å². The van der Waals surface area contributed by atoms with E-state index in [1.165, 1.54) is 25.0 Å². The fraction of sp³-hybridized carbons (Fsp3) is 0.824. The van der Waals surface area contributed by atoms with Crippen molar-refractivity contribution in [2.24, 2.45) is 18.4 Å². The van der Waals surface area contributed by atoms with Crippen molar-refractivity contribution in [1.82, 2.24) is 15.1 Å². The second kappa shape index (κ2) is 5.51. The third kappa shape index (κ3) is 3.85. The lowest BCUT2D eigenvalue weighted by Crippen LogP contribution is -2.42. The smallest absolute Gasteiger partial charge is 0.0492 e. The van der Waals surface area contributed by atoms with Crippen LogP contribution in [0.1, 0.15) is 65.5 Å². The fourth-order valence-electron chi connectivity index (χ4n) is 3.42. The van der Waals surface area contributed by atoms with E-state index in [-0.39, 0.29) is 5.54 Å². The van der Waals surface area contributed by atoms with E-state index in [2.05, 4.69) is 62.8 Å². The molecule has 0 saturated heterocycles. The minimum Gasteiger partial charge on any atom is -0.312 e. The zero-order valence-electron chi connectivity index (χ0n) is 14.0. The number of hydrogen-bond acceptors (Lipinski definition) is 2. The summed E-state index contributed by atoms with van der Waals surface area (Å²) in [6.45, 7) is 12.7. The molecule has 0 radical (unpaired) electrons. The van der Waals surface area contributed by atoms with Gasteiger partial charge < -0.3 is 5.32 Å². The number of aromatic nitrogens is 2. The minimum atomic E-state index is 0.198. The molecule has 1 saturated carbocycles. The standard InChI is InChI=1S/C17H31N3/c1-16(2,3)18-12-13-7-9-17(4,5)11-14(13)15-8-10-19-20(15)6/h8,10,13-14,18H,7,9,11-12H2,1-6H3. The Labute approximate surface area is 124 Å². The Balaban J connectivity index is 2.15. The monoisotopic (exact) mass is 277 g/mol. The molecule has 2 atom stereocenters. The molecule has 2 rings (SSSR count). The molecule has 3 heteroatoms. The van der Waals surface area contributed by atoms with Crippen LogP contribution in [0.3, 0.4) is 0 Å². The average Bonchev–Trinajstić information content (AvgIpc) is 2.71. The SMILES string of the molecule is Cn1nccc1C1CC(C)(C)CCC1CNC(C)(C)C. The number of nitrogens with zero attached hydrogens (tertiary/aromatic N) is 2. The molecule has 0 aliphatic heterocycles. The van der Waals surface area contributed by atoms with Crippen LogP contribution in [0.25, 0.3) is 0 Å². The van der Waals surface area contributed by atoms with Crippen LogP contribution in [0.5, 0.6) is 0 Å². The van der Waals surface area contributed by atoms with Crippen molar-refractivity contribution in [3.05, 3.63) is 18.0 Å². The topological polar surface area (TPSA) is 29.9 Å². The van der Waals surface area contributed by atoms with Gasteiger partial charge in [-0.25, -0.2) is 0 Å². The number of hydrogen-bond donors (Lipinski definition) is 1. The molecule has 0 aromatic carbocycles. The third-order valence-corrected chi connectivity index (χ3v) is 4.67. The maximum Gasteiger partial charge on any atom is 0.0492 e. The Kier molecular flexibility index (Phi) is 4.29. The summed E-state index contributed by atoms with van der Waals surface area (Å²) in [5, 5.41) is 8.08. The van der Waals surface area contributed by atoms with Crippen LogP contribution in [-0.2, 0) is 7.05 Å². The molecular weight excluding hydrogens is 246 g/mol. The van der Waals surface area contributed by atoms with Crippen LogP contribution >= 0.6 is 0 Å². The van der Waals surface area contributed by atoms with E-state index in [4.69, 9.17) is 0 Å². The van der Waals surface area contributed by atoms with Gasteiger partial charge in [0, 0.05) is 30.4 Å². The first kappa shape index (κ1) is 15.6. The predicted molar refractivity (Wildman–Crippen MR) is 84.8 cm³/mol. The quantitative estimate of drug-likeness (QED) is 0.912. The van der Waals surface area contributed by atoms with Gasteiger partial charge in [0.1, 0.15) is 0 Å². The highest BCUT2D eigenvalue weighted by Gasteiger charge is 2.37. The van der Waals surface area contributed by atoms with Crippen molar-refractivity contribution in [2.45, 2.75) is 65.3 Å². The molecular formula is C17H31N3. The minimum absolute atomic E-state index is 0.198. The summed E-state index contributed by atoms with van der Waals surface area (Å²) >= 11 is 0. The number of aryl methyl sites for hydroxylation is 1. The van der Waals surface area contributed by atoms with Gasteiger partial charge in [0.25, 0.3) is 0 Å². The Bertz CT molecular complexity index is 439. The molecule has 1 aromatic heterocycles. The maximum atomic E-state index is 4.38. The van der Waals surface area contributed by atoms with Gasteiger partial charge in [0.15, 0.2) is 0 Å². The normalized spacial score (nSPS) is 26.7. The van der Waals surface area contributed by atoms with Crippen molar-refractivity contribution in [3.63, 3.8) is 0 Å². The van der Waals surface area contributed by atoms with Gasteiger partial charge in [-0.15, -0.1) is 0 Å². The van der Waals surface area contributed by atoms with Crippen molar-refractivity contribution in [1.29, 1.82) is 0 Å². The summed E-state index contributed by atoms with van der Waals surface area (Å²) in [7, 11) is 2.07. The summed E-state index contributed by atoms with van der Waals surface area (Å²) in [4.78, 5) is 0. The van der Waals surface area contributed by atoms with Crippen LogP contribution in [0, 0.1) is 11.3 Å². The molecule has 0 bridgehead atoms. The van der Waals surface area contributed by atoms with Gasteiger partial charge in [0.05, 0.1) is 0 Å². The van der Waals surface area contributed by atoms with E-state index >= 15 is 0 Å². The highest BCUT2D eigenvalue weighted by Crippen LogP contribution is 2.46. The Morgan fingerprint density at radius 2 is 2.10 bits per heavy atom.